The molecule has 5 nitrogen and oxygen atoms in total. The molecular weight excluding hydrogens is 373 g/mol. The first-order chi connectivity index (χ1) is 13.3. The first-order valence-corrected chi connectivity index (χ1v) is 8.82. The zero-order valence-electron chi connectivity index (χ0n) is 14.7. The Morgan fingerprint density at radius 1 is 0.893 bits per heavy atom. The number of halogens is 3. The van der Waals surface area contributed by atoms with Crippen LogP contribution >= 0.6 is 0 Å². The van der Waals surface area contributed by atoms with Gasteiger partial charge in [-0.15, -0.1) is 13.2 Å². The maximum absolute atomic E-state index is 12.8. The summed E-state index contributed by atoms with van der Waals surface area (Å²) in [6.07, 6.45) is -4.79. The van der Waals surface area contributed by atoms with Crippen LogP contribution in [0.4, 0.5) is 18.9 Å². The summed E-state index contributed by atoms with van der Waals surface area (Å²) in [5.41, 5.74) is 1.37. The quantitative estimate of drug-likeness (QED) is 0.753. The van der Waals surface area contributed by atoms with Crippen molar-refractivity contribution in [1.82, 2.24) is 4.90 Å². The number of amides is 2. The summed E-state index contributed by atoms with van der Waals surface area (Å²) in [7, 11) is 0. The maximum Gasteiger partial charge on any atom is 0.573 e. The molecule has 4 rings (SSSR count). The minimum atomic E-state index is -4.79. The lowest BCUT2D eigenvalue weighted by molar-refractivity contribution is -0.274. The Labute approximate surface area is 159 Å². The van der Waals surface area contributed by atoms with Gasteiger partial charge in [-0.2, -0.15) is 0 Å². The predicted octanol–water partition coefficient (Wildman–Crippen LogP) is 3.21. The Balaban J connectivity index is 1.45. The maximum atomic E-state index is 12.8. The number of hydrogen-bond donors (Lipinski definition) is 0. The van der Waals surface area contributed by atoms with E-state index in [2.05, 4.69) is 9.64 Å². The number of hydrogen-bond acceptors (Lipinski definition) is 4. The highest BCUT2D eigenvalue weighted by Crippen LogP contribution is 2.37. The van der Waals surface area contributed by atoms with Crippen LogP contribution in [0.3, 0.4) is 0 Å². The number of fused-ring (bicyclic) bond motifs is 1. The Morgan fingerprint density at radius 2 is 1.46 bits per heavy atom. The van der Waals surface area contributed by atoms with Crippen LogP contribution in [0.25, 0.3) is 0 Å². The molecule has 0 aliphatic carbocycles. The summed E-state index contributed by atoms with van der Waals surface area (Å²) in [6, 6.07) is 14.6. The van der Waals surface area contributed by atoms with Crippen LogP contribution < -0.4 is 9.64 Å². The van der Waals surface area contributed by atoms with Gasteiger partial charge in [0.1, 0.15) is 5.75 Å². The number of carbonyl (C=O) groups excluding carboxylic acids is 2. The number of nitrogens with zero attached hydrogens (tertiary/aromatic N) is 2. The minimum Gasteiger partial charge on any atom is -0.406 e. The van der Waals surface area contributed by atoms with Gasteiger partial charge in [0, 0.05) is 19.6 Å². The molecule has 2 heterocycles. The molecule has 0 bridgehead atoms. The van der Waals surface area contributed by atoms with E-state index >= 15 is 0 Å². The molecule has 2 saturated heterocycles. The Morgan fingerprint density at radius 3 is 2.00 bits per heavy atom. The van der Waals surface area contributed by atoms with Gasteiger partial charge in [-0.1, -0.05) is 30.3 Å². The van der Waals surface area contributed by atoms with E-state index in [4.69, 9.17) is 0 Å². The number of anilines is 1. The molecule has 1 unspecified atom stereocenters. The van der Waals surface area contributed by atoms with E-state index in [0.717, 1.165) is 22.6 Å². The molecule has 2 aromatic rings. The molecule has 2 amide bonds. The molecule has 0 saturated carbocycles. The number of benzene rings is 2. The predicted molar refractivity (Wildman–Crippen MR) is 94.3 cm³/mol. The van der Waals surface area contributed by atoms with Gasteiger partial charge in [0.15, 0.2) is 0 Å². The average Bonchev–Trinajstić information content (AvgIpc) is 3.15. The summed E-state index contributed by atoms with van der Waals surface area (Å²) in [5, 5.41) is 0. The van der Waals surface area contributed by atoms with Crippen LogP contribution in [0.5, 0.6) is 5.75 Å². The van der Waals surface area contributed by atoms with Crippen LogP contribution in [0.2, 0.25) is 0 Å². The fraction of sp³-hybridized carbons (Fsp3) is 0.300. The van der Waals surface area contributed by atoms with Crippen molar-refractivity contribution in [2.24, 2.45) is 11.8 Å². The Kier molecular flexibility index (Phi) is 4.58. The van der Waals surface area contributed by atoms with Gasteiger partial charge < -0.3 is 4.74 Å². The minimum absolute atomic E-state index is 0.258. The molecule has 146 valence electrons. The van der Waals surface area contributed by atoms with Crippen LogP contribution in [0.1, 0.15) is 5.56 Å². The van der Waals surface area contributed by atoms with Crippen molar-refractivity contribution in [3.63, 3.8) is 0 Å². The van der Waals surface area contributed by atoms with Gasteiger partial charge in [0.2, 0.25) is 11.8 Å². The third-order valence-corrected chi connectivity index (χ3v) is 5.05. The lowest BCUT2D eigenvalue weighted by Crippen LogP contribution is -2.35. The van der Waals surface area contributed by atoms with E-state index in [9.17, 15) is 22.8 Å². The van der Waals surface area contributed by atoms with E-state index in [-0.39, 0.29) is 17.5 Å². The molecular formula is C20H17F3N2O3. The standard InChI is InChI=1S/C20H17F3N2O3/c21-20(22,23)28-15-8-6-14(7-9-15)25-18(26)16-11-24(12-17(16)19(25)27)10-13-4-2-1-3-5-13/h1-9,16-17H,10-12H2/t16-,17?/m0/s1. The van der Waals surface area contributed by atoms with Gasteiger partial charge in [-0.3, -0.25) is 14.5 Å². The fourth-order valence-electron chi connectivity index (χ4n) is 3.85. The van der Waals surface area contributed by atoms with Gasteiger partial charge >= 0.3 is 6.36 Å². The molecule has 2 fully saturated rings. The highest BCUT2D eigenvalue weighted by molar-refractivity contribution is 6.22. The zero-order valence-corrected chi connectivity index (χ0v) is 14.7. The second kappa shape index (κ2) is 6.94. The van der Waals surface area contributed by atoms with Crippen molar-refractivity contribution in [1.29, 1.82) is 0 Å². The van der Waals surface area contributed by atoms with Crippen LogP contribution in [0.15, 0.2) is 54.6 Å². The lowest BCUT2D eigenvalue weighted by atomic mass is 10.00. The van der Waals surface area contributed by atoms with Crippen LogP contribution in [0, 0.1) is 11.8 Å². The largest absolute Gasteiger partial charge is 0.573 e. The topological polar surface area (TPSA) is 49.9 Å². The SMILES string of the molecule is O=C1C2CN(Cc3ccccc3)C[C@@H]2C(=O)N1c1ccc(OC(F)(F)F)cc1. The summed E-state index contributed by atoms with van der Waals surface area (Å²) < 4.78 is 40.6. The normalized spacial score (nSPS) is 22.6. The molecule has 2 atom stereocenters. The van der Waals surface area contributed by atoms with Gasteiger partial charge in [-0.05, 0) is 29.8 Å². The highest BCUT2D eigenvalue weighted by atomic mass is 19.4. The van der Waals surface area contributed by atoms with Gasteiger partial charge in [0.25, 0.3) is 0 Å². The summed E-state index contributed by atoms with van der Waals surface area (Å²) in [6.45, 7) is 1.63. The number of imide groups is 1. The molecule has 2 aliphatic rings. The Bertz CT molecular complexity index is 860. The number of likely N-dealkylation sites (tertiary alicyclic amines) is 1. The van der Waals surface area contributed by atoms with Crippen molar-refractivity contribution in [3.05, 3.63) is 60.2 Å². The van der Waals surface area contributed by atoms with Crippen molar-refractivity contribution >= 4 is 17.5 Å². The molecule has 2 aromatic carbocycles. The van der Waals surface area contributed by atoms with E-state index < -0.39 is 23.9 Å². The summed E-state index contributed by atoms with van der Waals surface area (Å²) in [4.78, 5) is 28.7. The fourth-order valence-corrected chi connectivity index (χ4v) is 3.85. The molecule has 28 heavy (non-hydrogen) atoms. The number of carbonyl (C=O) groups is 2. The summed E-state index contributed by atoms with van der Waals surface area (Å²) >= 11 is 0. The van der Waals surface area contributed by atoms with Crippen molar-refractivity contribution < 1.29 is 27.5 Å². The lowest BCUT2D eigenvalue weighted by Gasteiger charge is -2.21. The Hall–Kier alpha value is -2.87. The number of rotatable bonds is 4. The van der Waals surface area contributed by atoms with Gasteiger partial charge in [-0.25, -0.2) is 4.90 Å². The highest BCUT2D eigenvalue weighted by Gasteiger charge is 2.52. The van der Waals surface area contributed by atoms with E-state index in [1.165, 1.54) is 12.1 Å². The van der Waals surface area contributed by atoms with Crippen molar-refractivity contribution in [2.75, 3.05) is 18.0 Å². The second-order valence-corrected chi connectivity index (χ2v) is 6.95. The monoisotopic (exact) mass is 390 g/mol. The van der Waals surface area contributed by atoms with Crippen LogP contribution in [-0.4, -0.2) is 36.2 Å². The average molecular weight is 390 g/mol. The summed E-state index contributed by atoms with van der Waals surface area (Å²) in [5.74, 6) is -1.88. The van der Waals surface area contributed by atoms with E-state index in [1.54, 1.807) is 0 Å². The zero-order chi connectivity index (χ0) is 19.9. The van der Waals surface area contributed by atoms with E-state index in [0.29, 0.717) is 19.6 Å². The van der Waals surface area contributed by atoms with E-state index in [1.807, 2.05) is 30.3 Å². The molecule has 8 heteroatoms. The molecule has 0 spiro atoms. The van der Waals surface area contributed by atoms with Crippen LogP contribution in [-0.2, 0) is 16.1 Å². The third kappa shape index (κ3) is 3.60. The molecule has 0 radical (unpaired) electrons. The number of ether oxygens (including phenoxy) is 1. The van der Waals surface area contributed by atoms with Gasteiger partial charge in [0.05, 0.1) is 17.5 Å². The molecule has 2 aliphatic heterocycles. The first-order valence-electron chi connectivity index (χ1n) is 8.82. The molecule has 0 aromatic heterocycles. The molecule has 0 N–H and O–H groups in total. The second-order valence-electron chi connectivity index (χ2n) is 6.95. The third-order valence-electron chi connectivity index (χ3n) is 5.05. The van der Waals surface area contributed by atoms with Crippen molar-refractivity contribution in [2.45, 2.75) is 12.9 Å². The van der Waals surface area contributed by atoms with Crippen molar-refractivity contribution in [3.8, 4) is 5.75 Å². The smallest absolute Gasteiger partial charge is 0.406 e. The number of alkyl halides is 3. The first kappa shape index (κ1) is 18.5.